The van der Waals surface area contributed by atoms with Gasteiger partial charge in [-0.2, -0.15) is 0 Å². The Hall–Kier alpha value is -2.60. The summed E-state index contributed by atoms with van der Waals surface area (Å²) < 4.78 is 0. The lowest BCUT2D eigenvalue weighted by atomic mass is 10.1. The number of hydrogen-bond acceptors (Lipinski definition) is 4. The fourth-order valence-electron chi connectivity index (χ4n) is 3.13. The van der Waals surface area contributed by atoms with E-state index in [0.717, 1.165) is 37.6 Å². The number of pyridine rings is 1. The van der Waals surface area contributed by atoms with E-state index in [2.05, 4.69) is 49.8 Å². The molecule has 0 bridgehead atoms. The Labute approximate surface area is 155 Å². The topological polar surface area (TPSA) is 72.8 Å². The van der Waals surface area contributed by atoms with Crippen molar-refractivity contribution in [3.63, 3.8) is 0 Å². The summed E-state index contributed by atoms with van der Waals surface area (Å²) in [6, 6.07) is 14.4. The lowest BCUT2D eigenvalue weighted by molar-refractivity contribution is 0.187. The summed E-state index contributed by atoms with van der Waals surface area (Å²) in [5.74, 6) is 0.750. The molecule has 6 nitrogen and oxygen atoms in total. The molecule has 26 heavy (non-hydrogen) atoms. The van der Waals surface area contributed by atoms with Gasteiger partial charge in [-0.05, 0) is 43.2 Å². The molecule has 1 aliphatic heterocycles. The summed E-state index contributed by atoms with van der Waals surface area (Å²) in [6.07, 6.45) is 3.80. The van der Waals surface area contributed by atoms with Crippen molar-refractivity contribution in [2.75, 3.05) is 31.1 Å². The first-order valence-electron chi connectivity index (χ1n) is 9.19. The average molecular weight is 353 g/mol. The molecule has 2 heterocycles. The number of anilines is 1. The van der Waals surface area contributed by atoms with Gasteiger partial charge in [-0.25, -0.2) is 0 Å². The van der Waals surface area contributed by atoms with Gasteiger partial charge in [0.15, 0.2) is 5.96 Å². The second-order valence-electron chi connectivity index (χ2n) is 6.43. The number of nitrogens with one attached hydrogen (secondary N) is 2. The van der Waals surface area contributed by atoms with Crippen LogP contribution in [0.2, 0.25) is 0 Å². The molecule has 6 heteroatoms. The van der Waals surface area contributed by atoms with Gasteiger partial charge < -0.3 is 20.6 Å². The zero-order valence-electron chi connectivity index (χ0n) is 15.2. The van der Waals surface area contributed by atoms with E-state index in [1.165, 1.54) is 5.69 Å². The van der Waals surface area contributed by atoms with Gasteiger partial charge >= 0.3 is 0 Å². The fraction of sp³-hybridized carbons (Fsp3) is 0.400. The van der Waals surface area contributed by atoms with Crippen molar-refractivity contribution in [1.82, 2.24) is 15.6 Å². The Balaban J connectivity index is 1.56. The van der Waals surface area contributed by atoms with Crippen LogP contribution in [0.1, 0.15) is 25.0 Å². The minimum atomic E-state index is -0.627. The van der Waals surface area contributed by atoms with Crippen molar-refractivity contribution in [2.24, 2.45) is 4.99 Å². The zero-order chi connectivity index (χ0) is 18.2. The second kappa shape index (κ2) is 9.20. The lowest BCUT2D eigenvalue weighted by Crippen LogP contribution is -2.44. The van der Waals surface area contributed by atoms with Crippen LogP contribution in [0.3, 0.4) is 0 Å². The Kier molecular flexibility index (Phi) is 6.44. The Morgan fingerprint density at radius 3 is 2.77 bits per heavy atom. The number of aliphatic hydroxyl groups is 1. The van der Waals surface area contributed by atoms with Crippen LogP contribution in [0.5, 0.6) is 0 Å². The van der Waals surface area contributed by atoms with Gasteiger partial charge in [-0.15, -0.1) is 0 Å². The Morgan fingerprint density at radius 2 is 2.04 bits per heavy atom. The van der Waals surface area contributed by atoms with Crippen LogP contribution < -0.4 is 15.5 Å². The molecule has 1 aliphatic rings. The van der Waals surface area contributed by atoms with E-state index in [9.17, 15) is 5.11 Å². The maximum Gasteiger partial charge on any atom is 0.191 e. The molecule has 0 spiro atoms. The molecule has 3 N–H and O–H groups in total. The molecule has 0 aliphatic carbocycles. The largest absolute Gasteiger partial charge is 0.386 e. The number of guanidine groups is 1. The predicted octanol–water partition coefficient (Wildman–Crippen LogP) is 1.95. The standard InChI is InChI=1S/C20H27N5O/c1-2-22-20(23-14-19(26)16-8-11-21-12-9-16)24-17-10-13-25(15-17)18-6-4-3-5-7-18/h3-9,11-12,17,19,26H,2,10,13-15H2,1H3,(H2,22,23,24). The van der Waals surface area contributed by atoms with Gasteiger partial charge in [0.05, 0.1) is 12.6 Å². The maximum atomic E-state index is 10.3. The van der Waals surface area contributed by atoms with E-state index in [0.29, 0.717) is 12.6 Å². The van der Waals surface area contributed by atoms with E-state index in [1.807, 2.05) is 25.1 Å². The van der Waals surface area contributed by atoms with Gasteiger partial charge in [0.25, 0.3) is 0 Å². The van der Waals surface area contributed by atoms with Gasteiger partial charge in [0, 0.05) is 43.8 Å². The van der Waals surface area contributed by atoms with Gasteiger partial charge in [-0.1, -0.05) is 18.2 Å². The summed E-state index contributed by atoms with van der Waals surface area (Å²) in [4.78, 5) is 10.9. The first-order chi connectivity index (χ1) is 12.8. The molecule has 0 radical (unpaired) electrons. The minimum absolute atomic E-state index is 0.314. The molecule has 1 fully saturated rings. The van der Waals surface area contributed by atoms with Gasteiger partial charge in [0.1, 0.15) is 0 Å². The molecular formula is C20H27N5O. The molecule has 1 saturated heterocycles. The number of rotatable bonds is 6. The molecule has 2 atom stereocenters. The summed E-state index contributed by atoms with van der Waals surface area (Å²) in [6.45, 7) is 5.12. The maximum absolute atomic E-state index is 10.3. The van der Waals surface area contributed by atoms with E-state index >= 15 is 0 Å². The van der Waals surface area contributed by atoms with Crippen LogP contribution in [0.25, 0.3) is 0 Å². The normalized spacial score (nSPS) is 18.6. The highest BCUT2D eigenvalue weighted by atomic mass is 16.3. The van der Waals surface area contributed by atoms with Crippen molar-refractivity contribution in [2.45, 2.75) is 25.5 Å². The van der Waals surface area contributed by atoms with Crippen molar-refractivity contribution in [3.8, 4) is 0 Å². The zero-order valence-corrected chi connectivity index (χ0v) is 15.2. The van der Waals surface area contributed by atoms with E-state index in [-0.39, 0.29) is 0 Å². The first kappa shape index (κ1) is 18.2. The van der Waals surface area contributed by atoms with Crippen molar-refractivity contribution in [3.05, 3.63) is 60.4 Å². The van der Waals surface area contributed by atoms with Crippen molar-refractivity contribution >= 4 is 11.6 Å². The Morgan fingerprint density at radius 1 is 1.27 bits per heavy atom. The highest BCUT2D eigenvalue weighted by molar-refractivity contribution is 5.80. The summed E-state index contributed by atoms with van der Waals surface area (Å²) in [5.41, 5.74) is 2.09. The number of hydrogen-bond donors (Lipinski definition) is 3. The van der Waals surface area contributed by atoms with Crippen LogP contribution in [-0.4, -0.2) is 48.3 Å². The quantitative estimate of drug-likeness (QED) is 0.547. The highest BCUT2D eigenvalue weighted by Crippen LogP contribution is 2.19. The number of nitrogens with zero attached hydrogens (tertiary/aromatic N) is 3. The van der Waals surface area contributed by atoms with E-state index in [1.54, 1.807) is 12.4 Å². The van der Waals surface area contributed by atoms with Crippen molar-refractivity contribution in [1.29, 1.82) is 0 Å². The number of aromatic nitrogens is 1. The third kappa shape index (κ3) is 4.95. The molecule has 0 amide bonds. The molecular weight excluding hydrogens is 326 g/mol. The lowest BCUT2D eigenvalue weighted by Gasteiger charge is -2.20. The third-order valence-corrected chi connectivity index (χ3v) is 4.51. The van der Waals surface area contributed by atoms with E-state index < -0.39 is 6.10 Å². The van der Waals surface area contributed by atoms with Crippen LogP contribution in [0.15, 0.2) is 59.9 Å². The third-order valence-electron chi connectivity index (χ3n) is 4.51. The predicted molar refractivity (Wildman–Crippen MR) is 105 cm³/mol. The van der Waals surface area contributed by atoms with Gasteiger partial charge in [0.2, 0.25) is 0 Å². The number of benzene rings is 1. The number of para-hydroxylation sites is 1. The minimum Gasteiger partial charge on any atom is -0.386 e. The molecule has 1 aromatic carbocycles. The first-order valence-corrected chi connectivity index (χ1v) is 9.19. The smallest absolute Gasteiger partial charge is 0.191 e. The van der Waals surface area contributed by atoms with Crippen LogP contribution in [-0.2, 0) is 0 Å². The number of aliphatic imine (C=N–C) groups is 1. The van der Waals surface area contributed by atoms with Gasteiger partial charge in [-0.3, -0.25) is 9.98 Å². The van der Waals surface area contributed by atoms with Crippen LogP contribution >= 0.6 is 0 Å². The molecule has 0 saturated carbocycles. The van der Waals surface area contributed by atoms with Crippen molar-refractivity contribution < 1.29 is 5.11 Å². The fourth-order valence-corrected chi connectivity index (χ4v) is 3.13. The molecule has 138 valence electrons. The summed E-state index contributed by atoms with van der Waals surface area (Å²) in [7, 11) is 0. The monoisotopic (exact) mass is 353 g/mol. The second-order valence-corrected chi connectivity index (χ2v) is 6.43. The van der Waals surface area contributed by atoms with Crippen LogP contribution in [0.4, 0.5) is 5.69 Å². The molecule has 2 unspecified atom stereocenters. The average Bonchev–Trinajstić information content (AvgIpc) is 3.16. The Bertz CT molecular complexity index is 692. The highest BCUT2D eigenvalue weighted by Gasteiger charge is 2.23. The number of aliphatic hydroxyl groups excluding tert-OH is 1. The summed E-state index contributed by atoms with van der Waals surface area (Å²) in [5, 5.41) is 17.1. The summed E-state index contributed by atoms with van der Waals surface area (Å²) >= 11 is 0. The molecule has 1 aromatic heterocycles. The van der Waals surface area contributed by atoms with E-state index in [4.69, 9.17) is 0 Å². The molecule has 2 aromatic rings. The van der Waals surface area contributed by atoms with Crippen LogP contribution in [0, 0.1) is 0 Å². The molecule has 3 rings (SSSR count). The SMILES string of the molecule is CCNC(=NCC(O)c1ccncc1)NC1CCN(c2ccccc2)C1.